The van der Waals surface area contributed by atoms with Crippen LogP contribution in [0.5, 0.6) is 0 Å². The molecule has 0 N–H and O–H groups in total. The third kappa shape index (κ3) is 3.59. The van der Waals surface area contributed by atoms with Crippen LogP contribution in [0.3, 0.4) is 0 Å². The van der Waals surface area contributed by atoms with E-state index in [1.54, 1.807) is 6.07 Å². The number of halogens is 3. The van der Waals surface area contributed by atoms with Crippen molar-refractivity contribution in [2.24, 2.45) is 0 Å². The number of alkyl halides is 3. The molecule has 2 aromatic carbocycles. The first-order valence-corrected chi connectivity index (χ1v) is 11.0. The van der Waals surface area contributed by atoms with Crippen LogP contribution in [0.4, 0.5) is 18.9 Å². The number of nitrogens with zero attached hydrogens (tertiary/aromatic N) is 2. The van der Waals surface area contributed by atoms with Gasteiger partial charge in [0.05, 0.1) is 18.8 Å². The molecule has 1 atom stereocenters. The summed E-state index contributed by atoms with van der Waals surface area (Å²) in [6.45, 7) is 4.88. The second-order valence-electron chi connectivity index (χ2n) is 8.13. The van der Waals surface area contributed by atoms with Crippen LogP contribution in [0.2, 0.25) is 0 Å². The number of hydrogen-bond donors (Lipinski definition) is 0. The molecule has 3 aromatic rings. The maximum Gasteiger partial charge on any atom is 0.417 e. The van der Waals surface area contributed by atoms with Crippen molar-refractivity contribution < 1.29 is 17.9 Å². The Bertz CT molecular complexity index is 1070. The van der Waals surface area contributed by atoms with Crippen LogP contribution in [0.15, 0.2) is 41.8 Å². The Balaban J connectivity index is 1.54. The predicted molar refractivity (Wildman–Crippen MR) is 114 cm³/mol. The second-order valence-corrected chi connectivity index (χ2v) is 9.05. The quantitative estimate of drug-likeness (QED) is 0.544. The van der Waals surface area contributed by atoms with Crippen LogP contribution in [-0.2, 0) is 17.5 Å². The van der Waals surface area contributed by atoms with E-state index in [9.17, 15) is 13.2 Å². The average molecular weight is 433 g/mol. The van der Waals surface area contributed by atoms with Gasteiger partial charge in [0.25, 0.3) is 0 Å². The molecule has 1 aromatic heterocycles. The summed E-state index contributed by atoms with van der Waals surface area (Å²) >= 11 is 1.15. The first kappa shape index (κ1) is 19.8. The van der Waals surface area contributed by atoms with Crippen LogP contribution in [0.25, 0.3) is 10.1 Å². The summed E-state index contributed by atoms with van der Waals surface area (Å²) in [5, 5.41) is 1.54. The van der Waals surface area contributed by atoms with Gasteiger partial charge >= 0.3 is 6.18 Å². The van der Waals surface area contributed by atoms with Crippen molar-refractivity contribution >= 4 is 27.1 Å². The lowest BCUT2D eigenvalue weighted by Gasteiger charge is -2.35. The number of hydrogen-bond acceptors (Lipinski definition) is 4. The van der Waals surface area contributed by atoms with Crippen LogP contribution in [0, 0.1) is 0 Å². The Labute approximate surface area is 177 Å². The number of ether oxygens (including phenoxy) is 1. The Kier molecular flexibility index (Phi) is 5.00. The number of morpholine rings is 1. The molecule has 1 fully saturated rings. The minimum atomic E-state index is -4.33. The minimum absolute atomic E-state index is 0.0582. The Hall–Kier alpha value is -2.09. The van der Waals surface area contributed by atoms with E-state index in [1.807, 2.05) is 12.1 Å². The summed E-state index contributed by atoms with van der Waals surface area (Å²) in [4.78, 5) is 4.58. The van der Waals surface area contributed by atoms with Crippen molar-refractivity contribution in [3.63, 3.8) is 0 Å². The molecular weight excluding hydrogens is 409 g/mol. The SMILES string of the molecule is CN1Cc2cc(N3CCOCC3)ccc2C(c2ccc3scc(C(F)(F)F)c3c2)C1. The van der Waals surface area contributed by atoms with Gasteiger partial charge in [0.15, 0.2) is 0 Å². The van der Waals surface area contributed by atoms with E-state index in [2.05, 4.69) is 35.0 Å². The molecule has 7 heteroatoms. The van der Waals surface area contributed by atoms with Crippen LogP contribution >= 0.6 is 11.3 Å². The third-order valence-electron chi connectivity index (χ3n) is 6.12. The zero-order valence-corrected chi connectivity index (χ0v) is 17.5. The first-order valence-electron chi connectivity index (χ1n) is 10.1. The van der Waals surface area contributed by atoms with Gasteiger partial charge in [0.2, 0.25) is 0 Å². The molecule has 158 valence electrons. The summed E-state index contributed by atoms with van der Waals surface area (Å²) in [6, 6.07) is 12.1. The maximum absolute atomic E-state index is 13.4. The summed E-state index contributed by atoms with van der Waals surface area (Å²) in [6.07, 6.45) is -4.33. The standard InChI is InChI=1S/C23H23F3N2OS/c1-27-12-16-10-17(28-6-8-29-9-7-28)3-4-18(16)20(13-27)15-2-5-22-19(11-15)21(14-30-22)23(24,25)26/h2-5,10-11,14,20H,6-9,12-13H2,1H3. The van der Waals surface area contributed by atoms with Crippen molar-refractivity contribution in [1.82, 2.24) is 4.90 Å². The van der Waals surface area contributed by atoms with E-state index in [-0.39, 0.29) is 5.92 Å². The molecule has 1 unspecified atom stereocenters. The molecular formula is C23H23F3N2OS. The second kappa shape index (κ2) is 7.55. The number of fused-ring (bicyclic) bond motifs is 2. The van der Waals surface area contributed by atoms with Crippen LogP contribution < -0.4 is 4.90 Å². The molecule has 2 aliphatic heterocycles. The molecule has 0 aliphatic carbocycles. The summed E-state index contributed by atoms with van der Waals surface area (Å²) in [5.74, 6) is 0.0582. The number of thiophene rings is 1. The van der Waals surface area contributed by atoms with Crippen molar-refractivity contribution in [2.75, 3.05) is 44.8 Å². The average Bonchev–Trinajstić information content (AvgIpc) is 3.17. The van der Waals surface area contributed by atoms with Crippen molar-refractivity contribution in [2.45, 2.75) is 18.6 Å². The number of benzene rings is 2. The van der Waals surface area contributed by atoms with Gasteiger partial charge in [-0.05, 0) is 48.0 Å². The lowest BCUT2D eigenvalue weighted by Crippen LogP contribution is -2.36. The lowest BCUT2D eigenvalue weighted by molar-refractivity contribution is -0.136. The van der Waals surface area contributed by atoms with Gasteiger partial charge in [-0.25, -0.2) is 0 Å². The highest BCUT2D eigenvalue weighted by Crippen LogP contribution is 2.41. The van der Waals surface area contributed by atoms with Crippen LogP contribution in [-0.4, -0.2) is 44.8 Å². The zero-order chi connectivity index (χ0) is 20.9. The molecule has 3 nitrogen and oxygen atoms in total. The normalized spacial score (nSPS) is 20.5. The smallest absolute Gasteiger partial charge is 0.378 e. The molecule has 1 saturated heterocycles. The summed E-state index contributed by atoms with van der Waals surface area (Å²) in [7, 11) is 2.07. The first-order chi connectivity index (χ1) is 14.4. The van der Waals surface area contributed by atoms with Gasteiger partial charge in [-0.2, -0.15) is 13.2 Å². The maximum atomic E-state index is 13.4. The molecule has 0 saturated carbocycles. The molecule has 0 amide bonds. The lowest BCUT2D eigenvalue weighted by atomic mass is 9.84. The zero-order valence-electron chi connectivity index (χ0n) is 16.7. The van der Waals surface area contributed by atoms with E-state index in [0.29, 0.717) is 10.1 Å². The topological polar surface area (TPSA) is 15.7 Å². The highest BCUT2D eigenvalue weighted by Gasteiger charge is 2.34. The highest BCUT2D eigenvalue weighted by molar-refractivity contribution is 7.17. The fourth-order valence-electron chi connectivity index (χ4n) is 4.62. The van der Waals surface area contributed by atoms with Crippen molar-refractivity contribution in [1.29, 1.82) is 0 Å². The monoisotopic (exact) mass is 432 g/mol. The van der Waals surface area contributed by atoms with E-state index < -0.39 is 11.7 Å². The molecule has 0 bridgehead atoms. The molecule has 0 spiro atoms. The van der Waals surface area contributed by atoms with Crippen molar-refractivity contribution in [3.05, 3.63) is 64.0 Å². The summed E-state index contributed by atoms with van der Waals surface area (Å²) in [5.41, 5.74) is 4.07. The Morgan fingerprint density at radius 2 is 1.87 bits per heavy atom. The molecule has 5 rings (SSSR count). The van der Waals surface area contributed by atoms with Crippen molar-refractivity contribution in [3.8, 4) is 0 Å². The molecule has 2 aliphatic rings. The van der Waals surface area contributed by atoms with E-state index in [4.69, 9.17) is 4.74 Å². The van der Waals surface area contributed by atoms with Gasteiger partial charge in [0.1, 0.15) is 0 Å². The van der Waals surface area contributed by atoms with E-state index in [0.717, 1.165) is 56.3 Å². The number of anilines is 1. The van der Waals surface area contributed by atoms with Gasteiger partial charge in [-0.3, -0.25) is 0 Å². The molecule has 0 radical (unpaired) electrons. The fourth-order valence-corrected chi connectivity index (χ4v) is 5.57. The van der Waals surface area contributed by atoms with Gasteiger partial charge in [0, 0.05) is 53.3 Å². The van der Waals surface area contributed by atoms with E-state index in [1.165, 1.54) is 22.2 Å². The Morgan fingerprint density at radius 3 is 2.63 bits per heavy atom. The Morgan fingerprint density at radius 1 is 1.07 bits per heavy atom. The number of rotatable bonds is 2. The predicted octanol–water partition coefficient (Wildman–Crippen LogP) is 5.33. The van der Waals surface area contributed by atoms with Crippen LogP contribution in [0.1, 0.15) is 28.2 Å². The fraction of sp³-hybridized carbons (Fsp3) is 0.391. The van der Waals surface area contributed by atoms with Gasteiger partial charge < -0.3 is 14.5 Å². The number of likely N-dealkylation sites (N-methyl/N-ethyl adjacent to an activating group) is 1. The van der Waals surface area contributed by atoms with E-state index >= 15 is 0 Å². The van der Waals surface area contributed by atoms with Gasteiger partial charge in [-0.15, -0.1) is 11.3 Å². The third-order valence-corrected chi connectivity index (χ3v) is 7.08. The molecule has 3 heterocycles. The minimum Gasteiger partial charge on any atom is -0.378 e. The largest absolute Gasteiger partial charge is 0.417 e. The molecule has 30 heavy (non-hydrogen) atoms. The summed E-state index contributed by atoms with van der Waals surface area (Å²) < 4.78 is 46.4. The highest BCUT2D eigenvalue weighted by atomic mass is 32.1. The van der Waals surface area contributed by atoms with Gasteiger partial charge in [-0.1, -0.05) is 12.1 Å².